The molecule has 3 nitrogen and oxygen atoms in total. The molecule has 4 heteroatoms. The molecule has 0 radical (unpaired) electrons. The summed E-state index contributed by atoms with van der Waals surface area (Å²) in [6, 6.07) is 4.42. The summed E-state index contributed by atoms with van der Waals surface area (Å²) in [6.45, 7) is 18.1. The standard InChI is InChI=1S/C17H21N3S.C3H6.C2H6/c1-12(2)7-17(3,19-4)16-6-15(11-21-16)14-5-13(8-18)9-20-10-14;1-3-2;1-2/h5-6,10-11,19-20H,1,7,9H2,2-4H3;3H,1H2,2H3;1-2H3/t17-;;/m0../s1. The highest BCUT2D eigenvalue weighted by Crippen LogP contribution is 2.34. The lowest BCUT2D eigenvalue weighted by Gasteiger charge is -2.28. The van der Waals surface area contributed by atoms with E-state index in [2.05, 4.69) is 55.2 Å². The quantitative estimate of drug-likeness (QED) is 0.647. The van der Waals surface area contributed by atoms with Crippen molar-refractivity contribution in [3.05, 3.63) is 64.5 Å². The first kappa shape index (κ1) is 23.9. The molecule has 0 unspecified atom stereocenters. The van der Waals surface area contributed by atoms with Gasteiger partial charge in [0.2, 0.25) is 0 Å². The van der Waals surface area contributed by atoms with Crippen molar-refractivity contribution in [1.82, 2.24) is 10.6 Å². The molecular formula is C22H33N3S. The van der Waals surface area contributed by atoms with Crippen LogP contribution in [0.3, 0.4) is 0 Å². The monoisotopic (exact) mass is 371 g/mol. The van der Waals surface area contributed by atoms with Crippen LogP contribution in [0.1, 0.15) is 51.5 Å². The van der Waals surface area contributed by atoms with Crippen LogP contribution in [0.2, 0.25) is 0 Å². The average molecular weight is 372 g/mol. The summed E-state index contributed by atoms with van der Waals surface area (Å²) >= 11 is 1.74. The van der Waals surface area contributed by atoms with Gasteiger partial charge < -0.3 is 10.6 Å². The summed E-state index contributed by atoms with van der Waals surface area (Å²) in [5.41, 5.74) is 4.04. The summed E-state index contributed by atoms with van der Waals surface area (Å²) in [5, 5.41) is 17.7. The van der Waals surface area contributed by atoms with Crippen molar-refractivity contribution in [2.24, 2.45) is 0 Å². The van der Waals surface area contributed by atoms with Crippen LogP contribution in [0.4, 0.5) is 0 Å². The highest BCUT2D eigenvalue weighted by Gasteiger charge is 2.26. The first-order chi connectivity index (χ1) is 12.4. The van der Waals surface area contributed by atoms with Crippen molar-refractivity contribution < 1.29 is 0 Å². The molecule has 0 amide bonds. The van der Waals surface area contributed by atoms with Gasteiger partial charge >= 0.3 is 0 Å². The molecule has 0 aliphatic carbocycles. The van der Waals surface area contributed by atoms with Gasteiger partial charge in [0.15, 0.2) is 0 Å². The van der Waals surface area contributed by atoms with Crippen molar-refractivity contribution >= 4 is 16.9 Å². The number of nitrogens with one attached hydrogen (secondary N) is 2. The summed E-state index contributed by atoms with van der Waals surface area (Å²) in [4.78, 5) is 1.28. The van der Waals surface area contributed by atoms with Crippen molar-refractivity contribution in [2.75, 3.05) is 13.6 Å². The third-order valence-electron chi connectivity index (χ3n) is 3.71. The number of allylic oxidation sites excluding steroid dienone is 3. The number of nitrogens with zero attached hydrogens (tertiary/aromatic N) is 1. The molecule has 2 N–H and O–H groups in total. The maximum atomic E-state index is 9.02. The molecule has 0 spiro atoms. The molecule has 0 saturated heterocycles. The number of dihydropyridines is 1. The van der Waals surface area contributed by atoms with Gasteiger partial charge in [0, 0.05) is 23.2 Å². The highest BCUT2D eigenvalue weighted by molar-refractivity contribution is 7.10. The van der Waals surface area contributed by atoms with Crippen LogP contribution in [-0.2, 0) is 5.54 Å². The molecule has 0 aromatic carbocycles. The Labute approximate surface area is 163 Å². The highest BCUT2D eigenvalue weighted by atomic mass is 32.1. The van der Waals surface area contributed by atoms with Crippen molar-refractivity contribution in [1.29, 1.82) is 5.26 Å². The molecule has 1 atom stereocenters. The fourth-order valence-corrected chi connectivity index (χ4v) is 3.56. The summed E-state index contributed by atoms with van der Waals surface area (Å²) in [5.74, 6) is 0. The maximum Gasteiger partial charge on any atom is 0.0966 e. The van der Waals surface area contributed by atoms with Gasteiger partial charge in [0.1, 0.15) is 0 Å². The van der Waals surface area contributed by atoms with Crippen LogP contribution in [0, 0.1) is 11.3 Å². The van der Waals surface area contributed by atoms with E-state index in [1.165, 1.54) is 4.88 Å². The Kier molecular flexibility index (Phi) is 11.3. The number of hydrogen-bond acceptors (Lipinski definition) is 4. The predicted molar refractivity (Wildman–Crippen MR) is 117 cm³/mol. The minimum atomic E-state index is -0.0980. The molecule has 142 valence electrons. The van der Waals surface area contributed by atoms with Crippen LogP contribution in [0.5, 0.6) is 0 Å². The van der Waals surface area contributed by atoms with Gasteiger partial charge in [-0.1, -0.05) is 25.5 Å². The Morgan fingerprint density at radius 3 is 2.62 bits per heavy atom. The summed E-state index contributed by atoms with van der Waals surface area (Å²) in [6.07, 6.45) is 6.58. The molecule has 1 aromatic heterocycles. The minimum absolute atomic E-state index is 0.0980. The Balaban J connectivity index is 0.00000113. The normalized spacial score (nSPS) is 14.5. The molecule has 1 aliphatic heterocycles. The second-order valence-corrected chi connectivity index (χ2v) is 7.00. The molecule has 2 heterocycles. The molecule has 26 heavy (non-hydrogen) atoms. The fraction of sp³-hybridized carbons (Fsp3) is 0.409. The van der Waals surface area contributed by atoms with E-state index >= 15 is 0 Å². The number of nitriles is 1. The second-order valence-electron chi connectivity index (χ2n) is 6.09. The van der Waals surface area contributed by atoms with Crippen LogP contribution >= 0.6 is 11.3 Å². The maximum absolute atomic E-state index is 9.02. The Morgan fingerprint density at radius 1 is 1.50 bits per heavy atom. The molecule has 2 rings (SSSR count). The van der Waals surface area contributed by atoms with Crippen LogP contribution in [0.15, 0.2) is 54.1 Å². The topological polar surface area (TPSA) is 47.8 Å². The van der Waals surface area contributed by atoms with E-state index in [4.69, 9.17) is 5.26 Å². The van der Waals surface area contributed by atoms with Gasteiger partial charge in [-0.3, -0.25) is 0 Å². The van der Waals surface area contributed by atoms with Gasteiger partial charge in [0.25, 0.3) is 0 Å². The number of thiophene rings is 1. The van der Waals surface area contributed by atoms with E-state index < -0.39 is 0 Å². The van der Waals surface area contributed by atoms with E-state index in [0.29, 0.717) is 6.54 Å². The van der Waals surface area contributed by atoms with Gasteiger partial charge in [-0.25, -0.2) is 0 Å². The molecule has 0 fully saturated rings. The molecule has 1 aliphatic rings. The average Bonchev–Trinajstić information content (AvgIpc) is 3.14. The van der Waals surface area contributed by atoms with E-state index in [1.54, 1.807) is 17.4 Å². The SMILES string of the molecule is C=C(C)C[C@](C)(NC)c1cc(C2=CNCC(C#N)=C2)cs1.C=CC.CC. The zero-order chi connectivity index (χ0) is 20.2. The van der Waals surface area contributed by atoms with Gasteiger partial charge in [-0.05, 0) is 62.9 Å². The third kappa shape index (κ3) is 7.03. The lowest BCUT2D eigenvalue weighted by molar-refractivity contribution is 0.404. The van der Waals surface area contributed by atoms with E-state index in [0.717, 1.165) is 28.7 Å². The largest absolute Gasteiger partial charge is 0.386 e. The first-order valence-corrected chi connectivity index (χ1v) is 9.82. The second kappa shape index (κ2) is 12.3. The van der Waals surface area contributed by atoms with Gasteiger partial charge in [-0.15, -0.1) is 24.5 Å². The predicted octanol–water partition coefficient (Wildman–Crippen LogP) is 5.76. The number of rotatable bonds is 5. The minimum Gasteiger partial charge on any atom is -0.386 e. The van der Waals surface area contributed by atoms with E-state index in [1.807, 2.05) is 40.1 Å². The zero-order valence-electron chi connectivity index (χ0n) is 17.1. The molecule has 0 saturated carbocycles. The lowest BCUT2D eigenvalue weighted by atomic mass is 9.91. The molecule has 0 bridgehead atoms. The lowest BCUT2D eigenvalue weighted by Crippen LogP contribution is -2.36. The fourth-order valence-electron chi connectivity index (χ4n) is 2.47. The van der Waals surface area contributed by atoms with Crippen LogP contribution < -0.4 is 10.6 Å². The van der Waals surface area contributed by atoms with E-state index in [-0.39, 0.29) is 5.54 Å². The Bertz CT molecular complexity index is 688. The van der Waals surface area contributed by atoms with Gasteiger partial charge in [0.05, 0.1) is 11.6 Å². The van der Waals surface area contributed by atoms with Crippen LogP contribution in [-0.4, -0.2) is 13.6 Å². The summed E-state index contributed by atoms with van der Waals surface area (Å²) in [7, 11) is 1.98. The Hall–Kier alpha value is -2.09. The molecule has 1 aromatic rings. The van der Waals surface area contributed by atoms with Gasteiger partial charge in [-0.2, -0.15) is 5.26 Å². The summed E-state index contributed by atoms with van der Waals surface area (Å²) < 4.78 is 0. The number of hydrogen-bond donors (Lipinski definition) is 2. The van der Waals surface area contributed by atoms with Crippen molar-refractivity contribution in [3.63, 3.8) is 0 Å². The Morgan fingerprint density at radius 2 is 2.12 bits per heavy atom. The van der Waals surface area contributed by atoms with Crippen molar-refractivity contribution in [2.45, 2.75) is 46.6 Å². The van der Waals surface area contributed by atoms with E-state index in [9.17, 15) is 0 Å². The van der Waals surface area contributed by atoms with Crippen LogP contribution in [0.25, 0.3) is 5.57 Å². The molecular weight excluding hydrogens is 338 g/mol. The third-order valence-corrected chi connectivity index (χ3v) is 4.90. The first-order valence-electron chi connectivity index (χ1n) is 8.94. The smallest absolute Gasteiger partial charge is 0.0966 e. The zero-order valence-corrected chi connectivity index (χ0v) is 17.9. The van der Waals surface area contributed by atoms with Crippen molar-refractivity contribution in [3.8, 4) is 6.07 Å².